The van der Waals surface area contributed by atoms with Gasteiger partial charge in [0.1, 0.15) is 6.61 Å². The van der Waals surface area contributed by atoms with Crippen molar-refractivity contribution in [2.24, 2.45) is 5.14 Å². The third-order valence-corrected chi connectivity index (χ3v) is 4.12. The molecule has 0 bridgehead atoms. The zero-order valence-electron chi connectivity index (χ0n) is 11.4. The molecule has 2 rings (SSSR count). The molecule has 1 heterocycles. The third kappa shape index (κ3) is 3.68. The molecule has 1 aromatic rings. The first-order chi connectivity index (χ1) is 9.17. The van der Waals surface area contributed by atoms with E-state index in [2.05, 4.69) is 0 Å². The van der Waals surface area contributed by atoms with Crippen LogP contribution < -0.4 is 9.88 Å². The number of nitrogens with two attached hydrogens (primary N) is 1. The van der Waals surface area contributed by atoms with Gasteiger partial charge in [-0.3, -0.25) is 0 Å². The molecule has 0 aromatic heterocycles. The Labute approximate surface area is 117 Å². The predicted molar refractivity (Wildman–Crippen MR) is 71.5 cm³/mol. The average Bonchev–Trinajstić information content (AvgIpc) is 2.66. The number of ether oxygens (including phenoxy) is 2. The summed E-state index contributed by atoms with van der Waals surface area (Å²) >= 11 is 0. The first-order valence-electron chi connectivity index (χ1n) is 6.30. The number of hydrogen-bond donors (Lipinski definition) is 1. The highest BCUT2D eigenvalue weighted by atomic mass is 32.2. The van der Waals surface area contributed by atoms with E-state index in [-0.39, 0.29) is 29.0 Å². The molecule has 0 spiro atoms. The number of rotatable bonds is 4. The van der Waals surface area contributed by atoms with E-state index in [1.165, 1.54) is 12.1 Å². The van der Waals surface area contributed by atoms with E-state index < -0.39 is 15.8 Å². The van der Waals surface area contributed by atoms with E-state index in [0.29, 0.717) is 0 Å². The standard InChI is InChI=1S/C13H18FNO4S/c1-13(2)6-5-9(19-13)8-18-12-4-3-10(7-11(12)14)20(15,16)17/h3-4,7,9H,5-6,8H2,1-2H3,(H2,15,16,17). The van der Waals surface area contributed by atoms with Gasteiger partial charge in [0, 0.05) is 0 Å². The van der Waals surface area contributed by atoms with Crippen LogP contribution in [0.1, 0.15) is 26.7 Å². The first kappa shape index (κ1) is 15.2. The molecular formula is C13H18FNO4S. The molecule has 0 amide bonds. The first-order valence-corrected chi connectivity index (χ1v) is 7.85. The van der Waals surface area contributed by atoms with Gasteiger partial charge >= 0.3 is 0 Å². The fourth-order valence-electron chi connectivity index (χ4n) is 2.15. The largest absolute Gasteiger partial charge is 0.488 e. The average molecular weight is 303 g/mol. The van der Waals surface area contributed by atoms with Crippen LogP contribution in [0.25, 0.3) is 0 Å². The van der Waals surface area contributed by atoms with Gasteiger partial charge in [-0.1, -0.05) is 0 Å². The lowest BCUT2D eigenvalue weighted by molar-refractivity contribution is -0.0330. The molecule has 2 N–H and O–H groups in total. The molecule has 5 nitrogen and oxygen atoms in total. The Kier molecular flexibility index (Phi) is 4.04. The van der Waals surface area contributed by atoms with Crippen LogP contribution in [0.3, 0.4) is 0 Å². The van der Waals surface area contributed by atoms with Crippen molar-refractivity contribution in [3.63, 3.8) is 0 Å². The van der Waals surface area contributed by atoms with Crippen molar-refractivity contribution in [3.8, 4) is 5.75 Å². The van der Waals surface area contributed by atoms with Gasteiger partial charge in [-0.15, -0.1) is 0 Å². The fraction of sp³-hybridized carbons (Fsp3) is 0.538. The number of hydrogen-bond acceptors (Lipinski definition) is 4. The van der Waals surface area contributed by atoms with Crippen LogP contribution in [0, 0.1) is 5.82 Å². The molecule has 20 heavy (non-hydrogen) atoms. The van der Waals surface area contributed by atoms with Gasteiger partial charge in [-0.25, -0.2) is 17.9 Å². The smallest absolute Gasteiger partial charge is 0.238 e. The van der Waals surface area contributed by atoms with Crippen LogP contribution in [-0.2, 0) is 14.8 Å². The summed E-state index contributed by atoms with van der Waals surface area (Å²) < 4.78 is 47.0. The zero-order valence-corrected chi connectivity index (χ0v) is 12.2. The highest BCUT2D eigenvalue weighted by Gasteiger charge is 2.32. The molecular weight excluding hydrogens is 285 g/mol. The van der Waals surface area contributed by atoms with E-state index in [9.17, 15) is 12.8 Å². The molecule has 1 saturated heterocycles. The number of sulfonamides is 1. The van der Waals surface area contributed by atoms with Crippen LogP contribution in [0.15, 0.2) is 23.1 Å². The molecule has 112 valence electrons. The van der Waals surface area contributed by atoms with Crippen molar-refractivity contribution in [2.45, 2.75) is 43.3 Å². The van der Waals surface area contributed by atoms with E-state index in [4.69, 9.17) is 14.6 Å². The minimum absolute atomic E-state index is 0.00861. The van der Waals surface area contributed by atoms with Crippen LogP contribution in [0.4, 0.5) is 4.39 Å². The second kappa shape index (κ2) is 5.31. The lowest BCUT2D eigenvalue weighted by Gasteiger charge is -2.19. The minimum Gasteiger partial charge on any atom is -0.488 e. The van der Waals surface area contributed by atoms with E-state index in [1.807, 2.05) is 13.8 Å². The van der Waals surface area contributed by atoms with E-state index >= 15 is 0 Å². The summed E-state index contributed by atoms with van der Waals surface area (Å²) in [7, 11) is -3.91. The summed E-state index contributed by atoms with van der Waals surface area (Å²) in [4.78, 5) is -0.277. The number of benzene rings is 1. The third-order valence-electron chi connectivity index (χ3n) is 3.21. The summed E-state index contributed by atoms with van der Waals surface area (Å²) in [5.74, 6) is -0.764. The number of halogens is 1. The predicted octanol–water partition coefficient (Wildman–Crippen LogP) is 1.81. The molecule has 7 heteroatoms. The summed E-state index contributed by atoms with van der Waals surface area (Å²) in [6.07, 6.45) is 1.69. The normalized spacial score (nSPS) is 21.9. The second-order valence-corrected chi connectivity index (χ2v) is 7.05. The van der Waals surface area contributed by atoms with Crippen molar-refractivity contribution in [1.82, 2.24) is 0 Å². The SMILES string of the molecule is CC1(C)CCC(COc2ccc(S(N)(=O)=O)cc2F)O1. The Morgan fingerprint density at radius 3 is 2.70 bits per heavy atom. The van der Waals surface area contributed by atoms with Gasteiger partial charge < -0.3 is 9.47 Å². The summed E-state index contributed by atoms with van der Waals surface area (Å²) in [5.41, 5.74) is -0.177. The maximum Gasteiger partial charge on any atom is 0.238 e. The second-order valence-electron chi connectivity index (χ2n) is 5.49. The van der Waals surface area contributed by atoms with E-state index in [0.717, 1.165) is 18.9 Å². The van der Waals surface area contributed by atoms with Crippen LogP contribution in [-0.4, -0.2) is 26.7 Å². The maximum absolute atomic E-state index is 13.7. The summed E-state index contributed by atoms with van der Waals surface area (Å²) in [6, 6.07) is 3.33. The molecule has 1 aliphatic rings. The molecule has 1 atom stereocenters. The minimum atomic E-state index is -3.91. The zero-order chi connectivity index (χ0) is 15.0. The van der Waals surface area contributed by atoms with Crippen LogP contribution in [0.5, 0.6) is 5.75 Å². The van der Waals surface area contributed by atoms with Gasteiger partial charge in [0.15, 0.2) is 11.6 Å². The van der Waals surface area contributed by atoms with Gasteiger partial charge in [-0.05, 0) is 44.9 Å². The lowest BCUT2D eigenvalue weighted by atomic mass is 10.1. The molecule has 1 fully saturated rings. The van der Waals surface area contributed by atoms with Crippen LogP contribution >= 0.6 is 0 Å². The summed E-state index contributed by atoms with van der Waals surface area (Å²) in [6.45, 7) is 4.22. The fourth-order valence-corrected chi connectivity index (χ4v) is 2.68. The molecule has 0 aliphatic carbocycles. The summed E-state index contributed by atoms with van der Waals surface area (Å²) in [5, 5.41) is 4.92. The Balaban J connectivity index is 2.01. The van der Waals surface area contributed by atoms with Crippen molar-refractivity contribution in [2.75, 3.05) is 6.61 Å². The lowest BCUT2D eigenvalue weighted by Crippen LogP contribution is -2.24. The Morgan fingerprint density at radius 2 is 2.20 bits per heavy atom. The van der Waals surface area contributed by atoms with Crippen molar-refractivity contribution in [3.05, 3.63) is 24.0 Å². The van der Waals surface area contributed by atoms with E-state index in [1.54, 1.807) is 0 Å². The highest BCUT2D eigenvalue weighted by Crippen LogP contribution is 2.30. The Bertz CT molecular complexity index is 600. The molecule has 1 unspecified atom stereocenters. The molecule has 0 radical (unpaired) electrons. The maximum atomic E-state index is 13.7. The monoisotopic (exact) mass is 303 g/mol. The van der Waals surface area contributed by atoms with Crippen molar-refractivity contribution in [1.29, 1.82) is 0 Å². The molecule has 1 aromatic carbocycles. The van der Waals surface area contributed by atoms with Gasteiger partial charge in [0.2, 0.25) is 10.0 Å². The number of primary sulfonamides is 1. The van der Waals surface area contributed by atoms with Gasteiger partial charge in [0.25, 0.3) is 0 Å². The van der Waals surface area contributed by atoms with Gasteiger partial charge in [0.05, 0.1) is 16.6 Å². The van der Waals surface area contributed by atoms with Crippen molar-refractivity contribution >= 4 is 10.0 Å². The van der Waals surface area contributed by atoms with Crippen LogP contribution in [0.2, 0.25) is 0 Å². The Hall–Kier alpha value is -1.18. The quantitative estimate of drug-likeness (QED) is 0.920. The highest BCUT2D eigenvalue weighted by molar-refractivity contribution is 7.89. The Morgan fingerprint density at radius 1 is 1.50 bits per heavy atom. The molecule has 0 saturated carbocycles. The van der Waals surface area contributed by atoms with Gasteiger partial charge in [-0.2, -0.15) is 0 Å². The molecule has 1 aliphatic heterocycles. The van der Waals surface area contributed by atoms with Crippen molar-refractivity contribution < 1.29 is 22.3 Å². The topological polar surface area (TPSA) is 78.6 Å².